The molecule has 1 aromatic heterocycles. The van der Waals surface area contributed by atoms with E-state index in [4.69, 9.17) is 0 Å². The van der Waals surface area contributed by atoms with Gasteiger partial charge in [-0.25, -0.2) is 0 Å². The second kappa shape index (κ2) is 4.93. The van der Waals surface area contributed by atoms with Gasteiger partial charge in [-0.1, -0.05) is 17.3 Å². The first-order valence-corrected chi connectivity index (χ1v) is 6.43. The van der Waals surface area contributed by atoms with Crippen LogP contribution in [0.4, 0.5) is 0 Å². The number of ketones is 1. The molecule has 1 aromatic carbocycles. The van der Waals surface area contributed by atoms with Gasteiger partial charge in [0.15, 0.2) is 5.78 Å². The Bertz CT molecular complexity index is 618. The van der Waals surface area contributed by atoms with Gasteiger partial charge in [0.25, 0.3) is 0 Å². The van der Waals surface area contributed by atoms with Gasteiger partial charge >= 0.3 is 0 Å². The molecule has 0 fully saturated rings. The molecular formula is C14H16N4O. The van der Waals surface area contributed by atoms with Gasteiger partial charge in [0.05, 0.1) is 12.1 Å². The number of nitrogens with zero attached hydrogens (tertiary/aromatic N) is 3. The van der Waals surface area contributed by atoms with Crippen molar-refractivity contribution < 1.29 is 4.79 Å². The third kappa shape index (κ3) is 2.56. The summed E-state index contributed by atoms with van der Waals surface area (Å²) in [5, 5.41) is 11.1. The van der Waals surface area contributed by atoms with Crippen molar-refractivity contribution >= 4 is 5.78 Å². The molecule has 2 aromatic rings. The van der Waals surface area contributed by atoms with Crippen LogP contribution < -0.4 is 5.32 Å². The Kier molecular flexibility index (Phi) is 3.13. The summed E-state index contributed by atoms with van der Waals surface area (Å²) in [6, 6.07) is 5.99. The molecule has 5 nitrogen and oxygen atoms in total. The number of benzene rings is 1. The smallest absolute Gasteiger partial charge is 0.168 e. The zero-order valence-corrected chi connectivity index (χ0v) is 10.9. The van der Waals surface area contributed by atoms with Crippen molar-refractivity contribution in [1.82, 2.24) is 20.3 Å². The second-order valence-electron chi connectivity index (χ2n) is 4.89. The highest BCUT2D eigenvalue weighted by molar-refractivity contribution is 5.97. The molecule has 98 valence electrons. The lowest BCUT2D eigenvalue weighted by atomic mass is 9.96. The van der Waals surface area contributed by atoms with Crippen molar-refractivity contribution in [3.63, 3.8) is 0 Å². The number of fused-ring (bicyclic) bond motifs is 1. The van der Waals surface area contributed by atoms with Crippen LogP contribution in [0, 0.1) is 0 Å². The van der Waals surface area contributed by atoms with E-state index in [0.29, 0.717) is 12.1 Å². The van der Waals surface area contributed by atoms with Gasteiger partial charge in [0, 0.05) is 25.4 Å². The highest BCUT2D eigenvalue weighted by Gasteiger charge is 2.14. The van der Waals surface area contributed by atoms with E-state index in [9.17, 15) is 4.79 Å². The molecule has 3 rings (SSSR count). The van der Waals surface area contributed by atoms with Crippen molar-refractivity contribution in [3.05, 3.63) is 46.8 Å². The number of rotatable bonds is 3. The quantitative estimate of drug-likeness (QED) is 0.828. The largest absolute Gasteiger partial charge is 0.312 e. The molecule has 0 saturated carbocycles. The normalized spacial score (nSPS) is 14.2. The van der Waals surface area contributed by atoms with Crippen molar-refractivity contribution in [2.75, 3.05) is 6.54 Å². The molecule has 0 aliphatic carbocycles. The Morgan fingerprint density at radius 1 is 1.42 bits per heavy atom. The highest BCUT2D eigenvalue weighted by Crippen LogP contribution is 2.17. The standard InChI is InChI=1S/C14H16N4O/c1-18-9-13(16-17-18)7-14(19)11-3-2-10-4-5-15-8-12(10)6-11/h2-3,6,9,15H,4-5,7-8H2,1H3. The third-order valence-electron chi connectivity index (χ3n) is 3.41. The van der Waals surface area contributed by atoms with E-state index in [0.717, 1.165) is 25.1 Å². The van der Waals surface area contributed by atoms with Crippen molar-refractivity contribution in [1.29, 1.82) is 0 Å². The minimum absolute atomic E-state index is 0.0915. The number of aryl methyl sites for hydroxylation is 1. The summed E-state index contributed by atoms with van der Waals surface area (Å²) in [6.07, 6.45) is 3.12. The second-order valence-corrected chi connectivity index (χ2v) is 4.89. The van der Waals surface area contributed by atoms with Gasteiger partial charge in [0.2, 0.25) is 0 Å². The zero-order valence-electron chi connectivity index (χ0n) is 10.9. The first-order chi connectivity index (χ1) is 9.22. The van der Waals surface area contributed by atoms with Gasteiger partial charge < -0.3 is 5.32 Å². The number of hydrogen-bond acceptors (Lipinski definition) is 4. The van der Waals surface area contributed by atoms with E-state index in [1.54, 1.807) is 17.9 Å². The minimum Gasteiger partial charge on any atom is -0.312 e. The molecule has 0 amide bonds. The third-order valence-corrected chi connectivity index (χ3v) is 3.41. The fourth-order valence-electron chi connectivity index (χ4n) is 2.40. The van der Waals surface area contributed by atoms with Crippen LogP contribution in [0.15, 0.2) is 24.4 Å². The molecule has 1 aliphatic rings. The maximum absolute atomic E-state index is 12.2. The van der Waals surface area contributed by atoms with Crippen molar-refractivity contribution in [3.8, 4) is 0 Å². The Balaban J connectivity index is 1.80. The number of hydrogen-bond donors (Lipinski definition) is 1. The number of carbonyl (C=O) groups is 1. The lowest BCUT2D eigenvalue weighted by Gasteiger charge is -2.17. The van der Waals surface area contributed by atoms with Crippen LogP contribution in [-0.2, 0) is 26.4 Å². The molecule has 19 heavy (non-hydrogen) atoms. The topological polar surface area (TPSA) is 59.8 Å². The molecule has 5 heteroatoms. The Hall–Kier alpha value is -2.01. The first-order valence-electron chi connectivity index (χ1n) is 6.43. The van der Waals surface area contributed by atoms with Gasteiger partial charge in [-0.05, 0) is 30.2 Å². The summed E-state index contributed by atoms with van der Waals surface area (Å²) < 4.78 is 1.61. The van der Waals surface area contributed by atoms with Crippen LogP contribution >= 0.6 is 0 Å². The van der Waals surface area contributed by atoms with Crippen LogP contribution in [0.25, 0.3) is 0 Å². The predicted octanol–water partition coefficient (Wildman–Crippen LogP) is 0.886. The Labute approximate surface area is 111 Å². The van der Waals surface area contributed by atoms with Crippen LogP contribution in [-0.4, -0.2) is 27.3 Å². The Morgan fingerprint density at radius 3 is 3.11 bits per heavy atom. The fourth-order valence-corrected chi connectivity index (χ4v) is 2.40. The van der Waals surface area contributed by atoms with E-state index in [2.05, 4.69) is 21.7 Å². The minimum atomic E-state index is 0.0915. The SMILES string of the molecule is Cn1cc(CC(=O)c2ccc3c(c2)CNCC3)nn1. The fraction of sp³-hybridized carbons (Fsp3) is 0.357. The summed E-state index contributed by atoms with van der Waals surface area (Å²) in [6.45, 7) is 1.86. The summed E-state index contributed by atoms with van der Waals surface area (Å²) in [5.74, 6) is 0.0915. The number of nitrogens with one attached hydrogen (secondary N) is 1. The average molecular weight is 256 g/mol. The van der Waals surface area contributed by atoms with E-state index in [1.807, 2.05) is 12.1 Å². The van der Waals surface area contributed by atoms with Crippen LogP contribution in [0.5, 0.6) is 0 Å². The van der Waals surface area contributed by atoms with Gasteiger partial charge in [-0.2, -0.15) is 0 Å². The molecule has 1 aliphatic heterocycles. The highest BCUT2D eigenvalue weighted by atomic mass is 16.1. The summed E-state index contributed by atoms with van der Waals surface area (Å²) >= 11 is 0. The van der Waals surface area contributed by atoms with Gasteiger partial charge in [0.1, 0.15) is 0 Å². The molecule has 0 radical (unpaired) electrons. The maximum Gasteiger partial charge on any atom is 0.168 e. The van der Waals surface area contributed by atoms with Crippen molar-refractivity contribution in [2.24, 2.45) is 7.05 Å². The first kappa shape index (κ1) is 12.0. The van der Waals surface area contributed by atoms with Gasteiger partial charge in [-0.3, -0.25) is 9.48 Å². The molecule has 0 bridgehead atoms. The van der Waals surface area contributed by atoms with Gasteiger partial charge in [-0.15, -0.1) is 5.10 Å². The van der Waals surface area contributed by atoms with E-state index in [-0.39, 0.29) is 5.78 Å². The zero-order chi connectivity index (χ0) is 13.2. The molecule has 0 atom stereocenters. The van der Waals surface area contributed by atoms with E-state index >= 15 is 0 Å². The van der Waals surface area contributed by atoms with E-state index in [1.165, 1.54) is 11.1 Å². The molecule has 2 heterocycles. The lowest BCUT2D eigenvalue weighted by Crippen LogP contribution is -2.23. The summed E-state index contributed by atoms with van der Waals surface area (Å²) in [5.41, 5.74) is 4.04. The van der Waals surface area contributed by atoms with Crippen LogP contribution in [0.3, 0.4) is 0 Å². The number of carbonyl (C=O) groups excluding carboxylic acids is 1. The molecule has 0 spiro atoms. The van der Waals surface area contributed by atoms with Crippen LogP contribution in [0.2, 0.25) is 0 Å². The Morgan fingerprint density at radius 2 is 2.32 bits per heavy atom. The van der Waals surface area contributed by atoms with Crippen molar-refractivity contribution in [2.45, 2.75) is 19.4 Å². The average Bonchev–Trinajstić information content (AvgIpc) is 2.83. The summed E-state index contributed by atoms with van der Waals surface area (Å²) in [4.78, 5) is 12.2. The number of aromatic nitrogens is 3. The van der Waals surface area contributed by atoms with E-state index < -0.39 is 0 Å². The maximum atomic E-state index is 12.2. The lowest BCUT2D eigenvalue weighted by molar-refractivity contribution is 0.0992. The predicted molar refractivity (Wildman–Crippen MR) is 70.9 cm³/mol. The molecule has 0 unspecified atom stereocenters. The molecule has 0 saturated heterocycles. The number of Topliss-reactive ketones (excluding diaryl/α,β-unsaturated/α-hetero) is 1. The summed E-state index contributed by atoms with van der Waals surface area (Å²) in [7, 11) is 1.80. The monoisotopic (exact) mass is 256 g/mol. The molecule has 1 N–H and O–H groups in total. The van der Waals surface area contributed by atoms with Crippen LogP contribution in [0.1, 0.15) is 27.2 Å². The molecular weight excluding hydrogens is 240 g/mol.